The molecule has 3 heterocycles. The van der Waals surface area contributed by atoms with Crippen LogP contribution in [0.5, 0.6) is 0 Å². The van der Waals surface area contributed by atoms with E-state index in [-0.39, 0.29) is 12.6 Å². The van der Waals surface area contributed by atoms with E-state index in [0.717, 1.165) is 49.5 Å². The molecule has 4 rings (SSSR count). The van der Waals surface area contributed by atoms with Gasteiger partial charge in [0, 0.05) is 50.0 Å². The van der Waals surface area contributed by atoms with E-state index in [0.29, 0.717) is 13.1 Å². The maximum atomic E-state index is 12.5. The highest BCUT2D eigenvalue weighted by molar-refractivity contribution is 6.38. The van der Waals surface area contributed by atoms with E-state index >= 15 is 0 Å². The van der Waals surface area contributed by atoms with Gasteiger partial charge in [0.25, 0.3) is 0 Å². The van der Waals surface area contributed by atoms with Crippen LogP contribution in [0, 0.1) is 0 Å². The second kappa shape index (κ2) is 8.34. The Labute approximate surface area is 170 Å². The van der Waals surface area contributed by atoms with Gasteiger partial charge in [0.2, 0.25) is 0 Å². The Bertz CT molecular complexity index is 805. The normalized spacial score (nSPS) is 20.7. The molecule has 4 amide bonds. The molecule has 3 aliphatic rings. The Morgan fingerprint density at radius 2 is 1.83 bits per heavy atom. The maximum absolute atomic E-state index is 12.5. The molecule has 0 saturated carbocycles. The third kappa shape index (κ3) is 3.90. The predicted molar refractivity (Wildman–Crippen MR) is 106 cm³/mol. The van der Waals surface area contributed by atoms with Gasteiger partial charge in [-0.25, -0.2) is 14.8 Å². The number of piperidine rings is 1. The van der Waals surface area contributed by atoms with Gasteiger partial charge in [-0.2, -0.15) is 0 Å². The second-order valence-corrected chi connectivity index (χ2v) is 7.88. The minimum absolute atomic E-state index is 0.0106. The predicted octanol–water partition coefficient (Wildman–Crippen LogP) is 0.725. The number of hydrogen-bond donors (Lipinski definition) is 1. The zero-order valence-electron chi connectivity index (χ0n) is 16.9. The van der Waals surface area contributed by atoms with Crippen LogP contribution >= 0.6 is 0 Å². The van der Waals surface area contributed by atoms with Crippen molar-refractivity contribution >= 4 is 23.7 Å². The molecule has 29 heavy (non-hydrogen) atoms. The van der Waals surface area contributed by atoms with Gasteiger partial charge in [-0.05, 0) is 45.4 Å². The average molecular weight is 400 g/mol. The summed E-state index contributed by atoms with van der Waals surface area (Å²) in [6.45, 7) is 4.53. The Balaban J connectivity index is 1.33. The first-order valence-electron chi connectivity index (χ1n) is 10.6. The summed E-state index contributed by atoms with van der Waals surface area (Å²) in [5, 5.41) is 2.94. The lowest BCUT2D eigenvalue weighted by atomic mass is 9.95. The molecular weight excluding hydrogens is 372 g/mol. The summed E-state index contributed by atoms with van der Waals surface area (Å²) < 4.78 is 0. The molecule has 0 aromatic carbocycles. The van der Waals surface area contributed by atoms with Crippen molar-refractivity contribution in [2.75, 3.05) is 37.6 Å². The molecule has 1 aromatic heterocycles. The van der Waals surface area contributed by atoms with E-state index in [1.165, 1.54) is 29.0 Å². The highest BCUT2D eigenvalue weighted by Crippen LogP contribution is 2.28. The molecule has 0 atom stereocenters. The van der Waals surface area contributed by atoms with Gasteiger partial charge in [0.15, 0.2) is 0 Å². The third-order valence-electron chi connectivity index (χ3n) is 6.16. The molecule has 9 heteroatoms. The number of aromatic nitrogens is 2. The largest absolute Gasteiger partial charge is 0.356 e. The smallest absolute Gasteiger partial charge is 0.324 e. The number of imide groups is 1. The van der Waals surface area contributed by atoms with Crippen LogP contribution in [-0.2, 0) is 22.4 Å². The summed E-state index contributed by atoms with van der Waals surface area (Å²) in [5.74, 6) is -0.297. The summed E-state index contributed by atoms with van der Waals surface area (Å²) >= 11 is 0. The Morgan fingerprint density at radius 3 is 2.59 bits per heavy atom. The van der Waals surface area contributed by atoms with Gasteiger partial charge < -0.3 is 15.1 Å². The molecule has 1 aromatic rings. The molecule has 1 N–H and O–H groups in total. The number of anilines is 1. The lowest BCUT2D eigenvalue weighted by molar-refractivity contribution is -0.153. The fraction of sp³-hybridized carbons (Fsp3) is 0.650. The quantitative estimate of drug-likeness (QED) is 0.751. The topological polar surface area (TPSA) is 98.7 Å². The second-order valence-electron chi connectivity index (χ2n) is 7.88. The van der Waals surface area contributed by atoms with E-state index in [1.807, 2.05) is 6.92 Å². The van der Waals surface area contributed by atoms with Crippen LogP contribution in [0.4, 0.5) is 10.6 Å². The summed E-state index contributed by atoms with van der Waals surface area (Å²) in [5.41, 5.74) is 2.45. The summed E-state index contributed by atoms with van der Waals surface area (Å²) in [4.78, 5) is 50.5. The number of hydrogen-bond acceptors (Lipinski definition) is 6. The molecule has 0 unspecified atom stereocenters. The molecule has 9 nitrogen and oxygen atoms in total. The van der Waals surface area contributed by atoms with Gasteiger partial charge in [-0.3, -0.25) is 14.5 Å². The van der Waals surface area contributed by atoms with Crippen LogP contribution in [0.1, 0.15) is 43.9 Å². The number of amides is 4. The first-order valence-corrected chi connectivity index (χ1v) is 10.6. The highest BCUT2D eigenvalue weighted by atomic mass is 16.2. The summed E-state index contributed by atoms with van der Waals surface area (Å²) in [7, 11) is 0. The van der Waals surface area contributed by atoms with Crippen molar-refractivity contribution < 1.29 is 14.4 Å². The van der Waals surface area contributed by atoms with Gasteiger partial charge in [0.1, 0.15) is 12.1 Å². The van der Waals surface area contributed by atoms with Crippen molar-refractivity contribution in [2.24, 2.45) is 0 Å². The minimum atomic E-state index is -0.736. The van der Waals surface area contributed by atoms with Crippen LogP contribution < -0.4 is 10.2 Å². The third-order valence-corrected chi connectivity index (χ3v) is 6.16. The van der Waals surface area contributed by atoms with Crippen LogP contribution in [0.2, 0.25) is 0 Å². The Kier molecular flexibility index (Phi) is 5.64. The standard InChI is InChI=1S/C20H28N6O3/c1-2-24-11-12-26(19(28)18(24)27)20(29)23-14-7-9-25(10-8-14)17-15-5-3-4-6-16(15)21-13-22-17/h13-14H,2-12H2,1H3,(H,23,29). The van der Waals surface area contributed by atoms with Gasteiger partial charge in [-0.1, -0.05) is 0 Å². The Morgan fingerprint density at radius 1 is 1.07 bits per heavy atom. The Hall–Kier alpha value is -2.71. The van der Waals surface area contributed by atoms with Crippen molar-refractivity contribution in [1.82, 2.24) is 25.1 Å². The van der Waals surface area contributed by atoms with Crippen LogP contribution in [-0.4, -0.2) is 76.4 Å². The number of rotatable bonds is 3. The fourth-order valence-corrected chi connectivity index (χ4v) is 4.43. The van der Waals surface area contributed by atoms with E-state index in [4.69, 9.17) is 0 Å². The minimum Gasteiger partial charge on any atom is -0.356 e. The zero-order chi connectivity index (χ0) is 20.4. The van der Waals surface area contributed by atoms with E-state index in [1.54, 1.807) is 6.33 Å². The van der Waals surface area contributed by atoms with E-state index in [9.17, 15) is 14.4 Å². The number of nitrogens with zero attached hydrogens (tertiary/aromatic N) is 5. The molecule has 2 saturated heterocycles. The number of carbonyl (C=O) groups excluding carboxylic acids is 3. The number of urea groups is 1. The van der Waals surface area contributed by atoms with Crippen LogP contribution in [0.15, 0.2) is 6.33 Å². The van der Waals surface area contributed by atoms with Gasteiger partial charge in [-0.15, -0.1) is 0 Å². The fourth-order valence-electron chi connectivity index (χ4n) is 4.43. The van der Waals surface area contributed by atoms with Gasteiger partial charge >= 0.3 is 17.8 Å². The van der Waals surface area contributed by atoms with E-state index in [2.05, 4.69) is 20.2 Å². The van der Waals surface area contributed by atoms with Crippen molar-refractivity contribution in [3.63, 3.8) is 0 Å². The first kappa shape index (κ1) is 19.6. The molecule has 0 radical (unpaired) electrons. The number of carbonyl (C=O) groups is 3. The van der Waals surface area contributed by atoms with Crippen molar-refractivity contribution in [3.8, 4) is 0 Å². The molecule has 2 aliphatic heterocycles. The van der Waals surface area contributed by atoms with Crippen molar-refractivity contribution in [2.45, 2.75) is 51.5 Å². The molecular formula is C20H28N6O3. The zero-order valence-corrected chi connectivity index (χ0v) is 16.9. The number of fused-ring (bicyclic) bond motifs is 1. The first-order chi connectivity index (χ1) is 14.1. The lowest BCUT2D eigenvalue weighted by Gasteiger charge is -2.36. The number of piperazine rings is 1. The number of nitrogens with one attached hydrogen (secondary N) is 1. The van der Waals surface area contributed by atoms with Crippen LogP contribution in [0.25, 0.3) is 0 Å². The van der Waals surface area contributed by atoms with Gasteiger partial charge in [0.05, 0.1) is 0 Å². The maximum Gasteiger partial charge on any atom is 0.324 e. The number of likely N-dealkylation sites (N-methyl/N-ethyl adjacent to an activating group) is 1. The molecule has 0 spiro atoms. The van der Waals surface area contributed by atoms with Crippen molar-refractivity contribution in [3.05, 3.63) is 17.6 Å². The lowest BCUT2D eigenvalue weighted by Crippen LogP contribution is -2.59. The molecule has 156 valence electrons. The highest BCUT2D eigenvalue weighted by Gasteiger charge is 2.36. The summed E-state index contributed by atoms with van der Waals surface area (Å²) in [6, 6.07) is -0.472. The van der Waals surface area contributed by atoms with Crippen LogP contribution in [0.3, 0.4) is 0 Å². The SMILES string of the molecule is CCN1CCN(C(=O)NC2CCN(c3ncnc4c3CCCC4)CC2)C(=O)C1=O. The molecule has 2 fully saturated rings. The van der Waals surface area contributed by atoms with E-state index < -0.39 is 17.8 Å². The molecule has 0 bridgehead atoms. The van der Waals surface area contributed by atoms with Crippen molar-refractivity contribution in [1.29, 1.82) is 0 Å². The summed E-state index contributed by atoms with van der Waals surface area (Å²) in [6.07, 6.45) is 7.63. The monoisotopic (exact) mass is 400 g/mol. The average Bonchev–Trinajstić information content (AvgIpc) is 2.75. The molecule has 1 aliphatic carbocycles. The number of aryl methyl sites for hydroxylation is 1.